The van der Waals surface area contributed by atoms with Crippen LogP contribution in [0, 0.1) is 24.4 Å². The average molecular weight is 553 g/mol. The standard InChI is InChI=1S/C32H36F3N3O2/c1-22-6-3-4-8-27(22)24-13-16-38(17-14-24,32(39)36-25-7-5-15-37(2)20-25)21-23-9-11-26(12-10-23)40-31-19-29(34)28(33)18-30(31)35/h3-4,6,8-12,18-19,24-25H,5,7,13-17,20-21H2,1-2H3/p+1. The minimum absolute atomic E-state index is 0.0627. The zero-order valence-electron chi connectivity index (χ0n) is 23.1. The summed E-state index contributed by atoms with van der Waals surface area (Å²) in [4.78, 5) is 16.2. The maximum Gasteiger partial charge on any atom is 0.417 e. The van der Waals surface area contributed by atoms with E-state index in [9.17, 15) is 18.0 Å². The number of halogens is 3. The van der Waals surface area contributed by atoms with E-state index in [2.05, 4.69) is 48.5 Å². The molecular weight excluding hydrogens is 515 g/mol. The summed E-state index contributed by atoms with van der Waals surface area (Å²) in [6.45, 7) is 6.03. The molecule has 0 saturated carbocycles. The van der Waals surface area contributed by atoms with E-state index in [-0.39, 0.29) is 17.8 Å². The predicted molar refractivity (Wildman–Crippen MR) is 149 cm³/mol. The van der Waals surface area contributed by atoms with Crippen LogP contribution in [0.4, 0.5) is 18.0 Å². The third-order valence-corrected chi connectivity index (χ3v) is 8.43. The van der Waals surface area contributed by atoms with Crippen molar-refractivity contribution >= 4 is 6.03 Å². The quantitative estimate of drug-likeness (QED) is 0.267. The molecule has 2 aliphatic rings. The summed E-state index contributed by atoms with van der Waals surface area (Å²) in [5.74, 6) is -3.09. The van der Waals surface area contributed by atoms with Gasteiger partial charge in [0.25, 0.3) is 0 Å². The summed E-state index contributed by atoms with van der Waals surface area (Å²) < 4.78 is 46.7. The summed E-state index contributed by atoms with van der Waals surface area (Å²) in [5.41, 5.74) is 3.60. The number of nitrogens with one attached hydrogen (secondary N) is 1. The van der Waals surface area contributed by atoms with Crippen molar-refractivity contribution in [2.75, 3.05) is 33.2 Å². The van der Waals surface area contributed by atoms with Crippen LogP contribution in [0.3, 0.4) is 0 Å². The van der Waals surface area contributed by atoms with Crippen molar-refractivity contribution in [3.05, 3.63) is 94.8 Å². The molecule has 0 spiro atoms. The summed E-state index contributed by atoms with van der Waals surface area (Å²) >= 11 is 0. The summed E-state index contributed by atoms with van der Waals surface area (Å²) in [6.07, 6.45) is 3.88. The van der Waals surface area contributed by atoms with Crippen molar-refractivity contribution in [1.29, 1.82) is 0 Å². The Kier molecular flexibility index (Phi) is 8.47. The molecule has 0 aromatic heterocycles. The van der Waals surface area contributed by atoms with Crippen LogP contribution in [0.15, 0.2) is 60.7 Å². The smallest absolute Gasteiger partial charge is 0.417 e. The number of ether oxygens (including phenoxy) is 1. The molecular formula is C32H37F3N3O2+. The van der Waals surface area contributed by atoms with Crippen molar-refractivity contribution in [2.24, 2.45) is 0 Å². The molecule has 0 aliphatic carbocycles. The first-order valence-corrected chi connectivity index (χ1v) is 14.0. The highest BCUT2D eigenvalue weighted by atomic mass is 19.2. The lowest BCUT2D eigenvalue weighted by molar-refractivity contribution is -0.869. The van der Waals surface area contributed by atoms with Crippen LogP contribution in [0.1, 0.15) is 48.3 Å². The third kappa shape index (κ3) is 6.34. The predicted octanol–water partition coefficient (Wildman–Crippen LogP) is 6.90. The van der Waals surface area contributed by atoms with Crippen LogP contribution >= 0.6 is 0 Å². The fourth-order valence-electron chi connectivity index (χ4n) is 6.17. The minimum Gasteiger partial charge on any atom is -0.454 e. The van der Waals surface area contributed by atoms with Crippen molar-refractivity contribution in [3.8, 4) is 11.5 Å². The van der Waals surface area contributed by atoms with E-state index in [1.54, 1.807) is 12.1 Å². The zero-order chi connectivity index (χ0) is 28.3. The van der Waals surface area contributed by atoms with E-state index in [0.717, 1.165) is 57.4 Å². The van der Waals surface area contributed by atoms with Crippen LogP contribution in [0.2, 0.25) is 0 Å². The molecule has 212 valence electrons. The molecule has 1 atom stereocenters. The van der Waals surface area contributed by atoms with E-state index in [1.165, 1.54) is 11.1 Å². The molecule has 3 aromatic rings. The lowest BCUT2D eigenvalue weighted by Gasteiger charge is -2.42. The molecule has 1 N–H and O–H groups in total. The van der Waals surface area contributed by atoms with Crippen molar-refractivity contribution in [3.63, 3.8) is 0 Å². The van der Waals surface area contributed by atoms with Gasteiger partial charge < -0.3 is 15.0 Å². The molecule has 2 heterocycles. The number of hydrogen-bond donors (Lipinski definition) is 1. The number of quaternary nitrogens is 1. The number of nitrogens with zero attached hydrogens (tertiary/aromatic N) is 2. The number of likely N-dealkylation sites (tertiary alicyclic amines) is 2. The Morgan fingerprint density at radius 2 is 1.68 bits per heavy atom. The van der Waals surface area contributed by atoms with Gasteiger partial charge in [-0.2, -0.15) is 0 Å². The first-order valence-electron chi connectivity index (χ1n) is 14.0. The number of piperidine rings is 2. The number of aryl methyl sites for hydroxylation is 1. The molecule has 0 radical (unpaired) electrons. The summed E-state index contributed by atoms with van der Waals surface area (Å²) in [7, 11) is 2.09. The van der Waals surface area contributed by atoms with Gasteiger partial charge in [0, 0.05) is 43.1 Å². The Balaban J connectivity index is 1.33. The van der Waals surface area contributed by atoms with E-state index in [1.807, 2.05) is 12.1 Å². The average Bonchev–Trinajstić information content (AvgIpc) is 2.93. The van der Waals surface area contributed by atoms with Crippen LogP contribution in [0.25, 0.3) is 0 Å². The number of carbonyl (C=O) groups is 1. The molecule has 3 aromatic carbocycles. The second kappa shape index (κ2) is 12.0. The Morgan fingerprint density at radius 3 is 2.38 bits per heavy atom. The van der Waals surface area contributed by atoms with E-state index < -0.39 is 17.5 Å². The van der Waals surface area contributed by atoms with Crippen molar-refractivity contribution < 1.29 is 27.2 Å². The van der Waals surface area contributed by atoms with Gasteiger partial charge in [-0.05, 0) is 74.7 Å². The number of hydrogen-bond acceptors (Lipinski definition) is 3. The third-order valence-electron chi connectivity index (χ3n) is 8.43. The molecule has 40 heavy (non-hydrogen) atoms. The van der Waals surface area contributed by atoms with Crippen LogP contribution in [-0.4, -0.2) is 54.7 Å². The van der Waals surface area contributed by atoms with Crippen molar-refractivity contribution in [2.45, 2.75) is 51.1 Å². The molecule has 2 fully saturated rings. The number of rotatable bonds is 6. The summed E-state index contributed by atoms with van der Waals surface area (Å²) in [5, 5.41) is 3.37. The lowest BCUT2D eigenvalue weighted by Crippen LogP contribution is -2.62. The molecule has 5 rings (SSSR count). The lowest BCUT2D eigenvalue weighted by atomic mass is 9.85. The fraction of sp³-hybridized carbons (Fsp3) is 0.406. The molecule has 0 bridgehead atoms. The van der Waals surface area contributed by atoms with Crippen LogP contribution in [-0.2, 0) is 6.54 Å². The van der Waals surface area contributed by atoms with Gasteiger partial charge in [-0.3, -0.25) is 0 Å². The van der Waals surface area contributed by atoms with Gasteiger partial charge in [-0.1, -0.05) is 24.3 Å². The van der Waals surface area contributed by atoms with Gasteiger partial charge in [-0.25, -0.2) is 22.4 Å². The van der Waals surface area contributed by atoms with Gasteiger partial charge in [0.2, 0.25) is 0 Å². The normalized spacial score (nSPS) is 23.5. The van der Waals surface area contributed by atoms with E-state index in [4.69, 9.17) is 4.74 Å². The molecule has 1 unspecified atom stereocenters. The van der Waals surface area contributed by atoms with E-state index >= 15 is 0 Å². The molecule has 2 amide bonds. The van der Waals surface area contributed by atoms with Gasteiger partial charge in [0.1, 0.15) is 12.3 Å². The van der Waals surface area contributed by atoms with Gasteiger partial charge in [-0.15, -0.1) is 0 Å². The number of amides is 2. The Labute approximate surface area is 234 Å². The highest BCUT2D eigenvalue weighted by Crippen LogP contribution is 2.35. The van der Waals surface area contributed by atoms with Crippen molar-refractivity contribution in [1.82, 2.24) is 10.2 Å². The second-order valence-electron chi connectivity index (χ2n) is 11.4. The zero-order valence-corrected chi connectivity index (χ0v) is 23.1. The minimum atomic E-state index is -1.27. The Morgan fingerprint density at radius 1 is 0.975 bits per heavy atom. The Hall–Kier alpha value is -3.36. The Bertz CT molecular complexity index is 1340. The molecule has 2 saturated heterocycles. The van der Waals surface area contributed by atoms with Crippen LogP contribution in [0.5, 0.6) is 11.5 Å². The second-order valence-corrected chi connectivity index (χ2v) is 11.4. The number of carbonyl (C=O) groups excluding carboxylic acids is 1. The van der Waals surface area contributed by atoms with Crippen LogP contribution < -0.4 is 10.1 Å². The largest absolute Gasteiger partial charge is 0.454 e. The van der Waals surface area contributed by atoms with Gasteiger partial charge in [0.05, 0.1) is 13.1 Å². The monoisotopic (exact) mass is 552 g/mol. The number of likely N-dealkylation sites (N-methyl/N-ethyl adjacent to an activating group) is 1. The summed E-state index contributed by atoms with van der Waals surface area (Å²) in [6, 6.07) is 16.9. The molecule has 2 aliphatic heterocycles. The number of urea groups is 1. The molecule has 5 nitrogen and oxygen atoms in total. The highest BCUT2D eigenvalue weighted by Gasteiger charge is 2.42. The highest BCUT2D eigenvalue weighted by molar-refractivity contribution is 5.67. The van der Waals surface area contributed by atoms with Gasteiger partial charge in [0.15, 0.2) is 23.2 Å². The maximum absolute atomic E-state index is 14.1. The van der Waals surface area contributed by atoms with Gasteiger partial charge >= 0.3 is 6.03 Å². The first kappa shape index (κ1) is 28.2. The fourth-order valence-corrected chi connectivity index (χ4v) is 6.17. The SMILES string of the molecule is Cc1ccccc1C1CC[N+](Cc2ccc(Oc3cc(F)c(F)cc3F)cc2)(C(=O)NC2CCCN(C)C2)CC1. The molecule has 8 heteroatoms. The first-order chi connectivity index (χ1) is 19.2. The maximum atomic E-state index is 14.1. The van der Waals surface area contributed by atoms with E-state index in [0.29, 0.717) is 34.8 Å². The number of benzene rings is 3. The topological polar surface area (TPSA) is 41.6 Å².